The fourth-order valence-electron chi connectivity index (χ4n) is 3.23. The Hall–Kier alpha value is 0.310. The average molecular weight is 255 g/mol. The lowest BCUT2D eigenvalue weighted by atomic mass is 9.97. The summed E-state index contributed by atoms with van der Waals surface area (Å²) in [5, 5.41) is 4.76. The smallest absolute Gasteiger partial charge is 0.0201 e. The molecule has 17 heavy (non-hydrogen) atoms. The zero-order chi connectivity index (χ0) is 11.9. The Bertz CT molecular complexity index is 207. The minimum Gasteiger partial charge on any atom is -0.310 e. The molecule has 1 aliphatic heterocycles. The molecule has 2 fully saturated rings. The van der Waals surface area contributed by atoms with Gasteiger partial charge in [-0.25, -0.2) is 0 Å². The van der Waals surface area contributed by atoms with Crippen LogP contribution in [-0.2, 0) is 0 Å². The Balaban J connectivity index is 1.83. The molecule has 2 heteroatoms. The lowest BCUT2D eigenvalue weighted by molar-refractivity contribution is 0.379. The van der Waals surface area contributed by atoms with Gasteiger partial charge in [0, 0.05) is 23.1 Å². The number of thioether (sulfide) groups is 1. The first-order valence-corrected chi connectivity index (χ1v) is 8.79. The topological polar surface area (TPSA) is 12.0 Å². The SMILES string of the molecule is CC1CSC2CCCCCCCCCCC2N1. The molecule has 1 saturated heterocycles. The van der Waals surface area contributed by atoms with Crippen LogP contribution in [0.4, 0.5) is 0 Å². The lowest BCUT2D eigenvalue weighted by Crippen LogP contribution is -2.48. The molecule has 0 aromatic rings. The molecule has 1 saturated carbocycles. The first kappa shape index (κ1) is 13.7. The predicted molar refractivity (Wildman–Crippen MR) is 78.8 cm³/mol. The van der Waals surface area contributed by atoms with E-state index in [4.69, 9.17) is 0 Å². The summed E-state index contributed by atoms with van der Waals surface area (Å²) < 4.78 is 0. The van der Waals surface area contributed by atoms with Crippen molar-refractivity contribution in [2.45, 2.75) is 88.5 Å². The fraction of sp³-hybridized carbons (Fsp3) is 1.00. The van der Waals surface area contributed by atoms with Crippen LogP contribution in [-0.4, -0.2) is 23.1 Å². The minimum absolute atomic E-state index is 0.731. The highest BCUT2D eigenvalue weighted by atomic mass is 32.2. The van der Waals surface area contributed by atoms with E-state index < -0.39 is 0 Å². The van der Waals surface area contributed by atoms with E-state index in [1.807, 2.05) is 0 Å². The molecule has 100 valence electrons. The Kier molecular flexibility index (Phi) is 6.21. The quantitative estimate of drug-likeness (QED) is 0.690. The van der Waals surface area contributed by atoms with Crippen LogP contribution in [0, 0.1) is 0 Å². The molecule has 1 heterocycles. The van der Waals surface area contributed by atoms with Crippen LogP contribution in [0.5, 0.6) is 0 Å². The van der Waals surface area contributed by atoms with Gasteiger partial charge in [0.15, 0.2) is 0 Å². The van der Waals surface area contributed by atoms with Crippen molar-refractivity contribution < 1.29 is 0 Å². The van der Waals surface area contributed by atoms with Crippen LogP contribution >= 0.6 is 11.8 Å². The zero-order valence-electron chi connectivity index (χ0n) is 11.4. The van der Waals surface area contributed by atoms with Gasteiger partial charge in [-0.05, 0) is 19.8 Å². The predicted octanol–water partition coefficient (Wildman–Crippen LogP) is 4.36. The monoisotopic (exact) mass is 255 g/mol. The van der Waals surface area contributed by atoms with Crippen molar-refractivity contribution in [2.24, 2.45) is 0 Å². The zero-order valence-corrected chi connectivity index (χ0v) is 12.2. The van der Waals surface area contributed by atoms with Crippen LogP contribution in [0.1, 0.15) is 71.1 Å². The molecule has 1 nitrogen and oxygen atoms in total. The molecule has 0 aromatic carbocycles. The molecular formula is C15H29NS. The summed E-state index contributed by atoms with van der Waals surface area (Å²) in [4.78, 5) is 0. The summed E-state index contributed by atoms with van der Waals surface area (Å²) in [7, 11) is 0. The number of nitrogens with one attached hydrogen (secondary N) is 1. The second-order valence-corrected chi connectivity index (χ2v) is 7.22. The van der Waals surface area contributed by atoms with Gasteiger partial charge in [-0.1, -0.05) is 51.4 Å². The molecule has 2 rings (SSSR count). The van der Waals surface area contributed by atoms with Crippen LogP contribution < -0.4 is 5.32 Å². The number of hydrogen-bond donors (Lipinski definition) is 1. The van der Waals surface area contributed by atoms with Gasteiger partial charge in [0.1, 0.15) is 0 Å². The van der Waals surface area contributed by atoms with Crippen LogP contribution in [0.3, 0.4) is 0 Å². The molecule has 3 atom stereocenters. The summed E-state index contributed by atoms with van der Waals surface area (Å²) >= 11 is 2.24. The van der Waals surface area contributed by atoms with Gasteiger partial charge in [0.2, 0.25) is 0 Å². The fourth-order valence-corrected chi connectivity index (χ4v) is 4.64. The third-order valence-corrected chi connectivity index (χ3v) is 5.95. The van der Waals surface area contributed by atoms with Crippen molar-refractivity contribution in [2.75, 3.05) is 5.75 Å². The van der Waals surface area contributed by atoms with Crippen molar-refractivity contribution in [3.8, 4) is 0 Å². The third kappa shape index (κ3) is 4.82. The molecule has 3 unspecified atom stereocenters. The van der Waals surface area contributed by atoms with Crippen LogP contribution in [0.15, 0.2) is 0 Å². The molecule has 1 N–H and O–H groups in total. The maximum atomic E-state index is 3.85. The Morgan fingerprint density at radius 3 is 2.12 bits per heavy atom. The highest BCUT2D eigenvalue weighted by Crippen LogP contribution is 2.29. The van der Waals surface area contributed by atoms with Gasteiger partial charge in [-0.15, -0.1) is 0 Å². The first-order valence-electron chi connectivity index (χ1n) is 7.74. The van der Waals surface area contributed by atoms with Gasteiger partial charge < -0.3 is 5.32 Å². The van der Waals surface area contributed by atoms with E-state index in [9.17, 15) is 0 Å². The molecule has 1 aliphatic carbocycles. The molecule has 2 aliphatic rings. The number of rotatable bonds is 0. The van der Waals surface area contributed by atoms with Crippen molar-refractivity contribution >= 4 is 11.8 Å². The van der Waals surface area contributed by atoms with E-state index >= 15 is 0 Å². The summed E-state index contributed by atoms with van der Waals surface area (Å²) in [5.41, 5.74) is 0. The summed E-state index contributed by atoms with van der Waals surface area (Å²) in [5.74, 6) is 1.32. The van der Waals surface area contributed by atoms with Gasteiger partial charge in [0.25, 0.3) is 0 Å². The van der Waals surface area contributed by atoms with E-state index in [0.717, 1.165) is 17.3 Å². The molecule has 0 amide bonds. The Morgan fingerprint density at radius 2 is 1.41 bits per heavy atom. The van der Waals surface area contributed by atoms with Gasteiger partial charge in [0.05, 0.1) is 0 Å². The highest BCUT2D eigenvalue weighted by molar-refractivity contribution is 8.00. The standard InChI is InChI=1S/C15H29NS/c1-13-12-17-15-11-9-7-5-3-2-4-6-8-10-14(15)16-13/h13-16H,2-12H2,1H3. The molecule has 0 radical (unpaired) electrons. The van der Waals surface area contributed by atoms with Crippen molar-refractivity contribution in [3.05, 3.63) is 0 Å². The number of fused-ring (bicyclic) bond motifs is 1. The highest BCUT2D eigenvalue weighted by Gasteiger charge is 2.27. The molecule has 0 bridgehead atoms. The Labute approximate surface area is 112 Å². The molecular weight excluding hydrogens is 226 g/mol. The summed E-state index contributed by atoms with van der Waals surface area (Å²) in [6.07, 6.45) is 14.6. The second-order valence-electron chi connectivity index (χ2n) is 5.95. The minimum atomic E-state index is 0.731. The Morgan fingerprint density at radius 1 is 0.824 bits per heavy atom. The van der Waals surface area contributed by atoms with E-state index in [2.05, 4.69) is 24.0 Å². The molecule has 0 aromatic heterocycles. The van der Waals surface area contributed by atoms with Crippen LogP contribution in [0.25, 0.3) is 0 Å². The van der Waals surface area contributed by atoms with Crippen LogP contribution in [0.2, 0.25) is 0 Å². The van der Waals surface area contributed by atoms with E-state index in [1.165, 1.54) is 70.0 Å². The van der Waals surface area contributed by atoms with Crippen molar-refractivity contribution in [1.82, 2.24) is 5.32 Å². The van der Waals surface area contributed by atoms with Gasteiger partial charge in [-0.2, -0.15) is 11.8 Å². The molecule has 0 spiro atoms. The van der Waals surface area contributed by atoms with Crippen molar-refractivity contribution in [1.29, 1.82) is 0 Å². The van der Waals surface area contributed by atoms with Crippen molar-refractivity contribution in [3.63, 3.8) is 0 Å². The van der Waals surface area contributed by atoms with Gasteiger partial charge in [-0.3, -0.25) is 0 Å². The van der Waals surface area contributed by atoms with Gasteiger partial charge >= 0.3 is 0 Å². The number of hydrogen-bond acceptors (Lipinski definition) is 2. The average Bonchev–Trinajstić information content (AvgIpc) is 2.31. The van der Waals surface area contributed by atoms with E-state index in [0.29, 0.717) is 0 Å². The normalized spacial score (nSPS) is 37.6. The first-order chi connectivity index (χ1) is 8.36. The van der Waals surface area contributed by atoms with E-state index in [1.54, 1.807) is 0 Å². The van der Waals surface area contributed by atoms with E-state index in [-0.39, 0.29) is 0 Å². The second kappa shape index (κ2) is 7.68. The maximum absolute atomic E-state index is 3.85. The summed E-state index contributed by atoms with van der Waals surface area (Å²) in [6.45, 7) is 2.35. The maximum Gasteiger partial charge on any atom is 0.0201 e. The largest absolute Gasteiger partial charge is 0.310 e. The lowest BCUT2D eigenvalue weighted by Gasteiger charge is -2.36. The third-order valence-electron chi connectivity index (χ3n) is 4.26. The summed E-state index contributed by atoms with van der Waals surface area (Å²) in [6, 6.07) is 1.54.